The van der Waals surface area contributed by atoms with Gasteiger partial charge in [-0.05, 0) is 54.7 Å². The molecule has 0 saturated carbocycles. The predicted molar refractivity (Wildman–Crippen MR) is 217 cm³/mol. The molecule has 0 aliphatic carbocycles. The van der Waals surface area contributed by atoms with E-state index in [1.807, 2.05) is 33.9 Å². The summed E-state index contributed by atoms with van der Waals surface area (Å²) in [5, 5.41) is 33.3. The number of hydrogen-bond acceptors (Lipinski definition) is 14. The lowest BCUT2D eigenvalue weighted by molar-refractivity contribution is -0.385. The summed E-state index contributed by atoms with van der Waals surface area (Å²) in [6.45, 7) is 13.1. The number of carboxylic acid groups (broad SMARTS) is 1. The summed E-state index contributed by atoms with van der Waals surface area (Å²) < 4.78 is 22.9. The quantitative estimate of drug-likeness (QED) is 0.0552. The molecule has 0 fully saturated rings. The number of nitro benzene ring substituents is 2. The number of hydrogen-bond donors (Lipinski definition) is 1. The maximum absolute atomic E-state index is 13.3. The van der Waals surface area contributed by atoms with Crippen LogP contribution < -0.4 is 9.16 Å². The number of rotatable bonds is 18. The lowest BCUT2D eigenvalue weighted by Gasteiger charge is -2.38. The van der Waals surface area contributed by atoms with E-state index in [0.717, 1.165) is 18.9 Å². The second-order valence-corrected chi connectivity index (χ2v) is 20.4. The normalized spacial score (nSPS) is 11.9. The number of esters is 1. The zero-order chi connectivity index (χ0) is 43.5. The van der Waals surface area contributed by atoms with Crippen molar-refractivity contribution in [1.29, 1.82) is 0 Å². The molecule has 0 saturated heterocycles. The average molecular weight is 844 g/mol. The lowest BCUT2D eigenvalue weighted by Crippen LogP contribution is -2.48. The Labute approximate surface area is 341 Å². The summed E-state index contributed by atoms with van der Waals surface area (Å²) in [6.07, 6.45) is -0.966. The summed E-state index contributed by atoms with van der Waals surface area (Å²) >= 11 is 1.04. The van der Waals surface area contributed by atoms with Crippen molar-refractivity contribution in [3.63, 3.8) is 0 Å². The fraction of sp³-hybridized carbons (Fsp3) is 0.436. The van der Waals surface area contributed by atoms with Crippen LogP contribution in [0.2, 0.25) is 18.1 Å². The first-order valence-corrected chi connectivity index (χ1v) is 22.2. The van der Waals surface area contributed by atoms with Crippen molar-refractivity contribution >= 4 is 55.5 Å². The lowest BCUT2D eigenvalue weighted by atomic mass is 9.92. The predicted octanol–water partition coefficient (Wildman–Crippen LogP) is 8.16. The molecule has 1 N–H and O–H groups in total. The minimum Gasteiger partial charge on any atom is -0.543 e. The van der Waals surface area contributed by atoms with Gasteiger partial charge in [-0.3, -0.25) is 25.0 Å². The number of benzene rings is 3. The van der Waals surface area contributed by atoms with Gasteiger partial charge in [0.15, 0.2) is 6.04 Å². The summed E-state index contributed by atoms with van der Waals surface area (Å²) in [6, 6.07) is 9.66. The maximum atomic E-state index is 13.3. The number of ether oxygens (including phenoxy) is 3. The monoisotopic (exact) mass is 843 g/mol. The van der Waals surface area contributed by atoms with E-state index < -0.39 is 48.2 Å². The minimum absolute atomic E-state index is 0.0762. The van der Waals surface area contributed by atoms with E-state index >= 15 is 0 Å². The maximum Gasteiger partial charge on any atom is 0.533 e. The van der Waals surface area contributed by atoms with Crippen LogP contribution in [0.15, 0.2) is 48.5 Å². The van der Waals surface area contributed by atoms with E-state index in [1.54, 1.807) is 26.0 Å². The molecule has 0 bridgehead atoms. The minimum atomic E-state index is -2.60. The number of aromatic carboxylic acids is 1. The molecule has 0 aliphatic heterocycles. The van der Waals surface area contributed by atoms with E-state index in [0.29, 0.717) is 39.5 Å². The van der Waals surface area contributed by atoms with Crippen LogP contribution in [0.5, 0.6) is 11.5 Å². The Hall–Kier alpha value is -5.69. The van der Waals surface area contributed by atoms with Gasteiger partial charge in [0.05, 0.1) is 29.6 Å². The number of hydroxylamine groups is 2. The smallest absolute Gasteiger partial charge is 0.533 e. The van der Waals surface area contributed by atoms with Crippen molar-refractivity contribution in [3.05, 3.63) is 102 Å². The highest BCUT2D eigenvalue weighted by atomic mass is 32.2. The van der Waals surface area contributed by atoms with Gasteiger partial charge in [-0.15, -0.1) is 0 Å². The molecule has 19 heteroatoms. The molecule has 314 valence electrons. The van der Waals surface area contributed by atoms with Crippen LogP contribution in [0, 0.1) is 27.2 Å². The first kappa shape index (κ1) is 46.7. The van der Waals surface area contributed by atoms with Crippen LogP contribution in [-0.4, -0.2) is 78.3 Å². The van der Waals surface area contributed by atoms with Crippen molar-refractivity contribution in [2.45, 2.75) is 90.4 Å². The van der Waals surface area contributed by atoms with Gasteiger partial charge in [0, 0.05) is 65.3 Å². The molecule has 1 atom stereocenters. The van der Waals surface area contributed by atoms with Gasteiger partial charge >= 0.3 is 18.1 Å². The fourth-order valence-electron chi connectivity index (χ4n) is 5.50. The Balaban J connectivity index is 2.05. The topological polar surface area (TPSA) is 224 Å². The van der Waals surface area contributed by atoms with Crippen molar-refractivity contribution in [3.8, 4) is 11.5 Å². The summed E-state index contributed by atoms with van der Waals surface area (Å²) in [5.41, 5.74) is 1.79. The molecule has 1 amide bonds. The second-order valence-electron chi connectivity index (χ2n) is 14.7. The molecule has 3 rings (SSSR count). The van der Waals surface area contributed by atoms with Gasteiger partial charge in [-0.1, -0.05) is 39.8 Å². The molecule has 3 aromatic rings. The number of carbonyl (C=O) groups is 4. The number of nitro groups is 2. The van der Waals surface area contributed by atoms with Crippen molar-refractivity contribution < 1.29 is 57.6 Å². The van der Waals surface area contributed by atoms with Crippen LogP contribution in [0.4, 0.5) is 16.2 Å². The number of methoxy groups -OCH3 is 2. The molecule has 0 aliphatic rings. The largest absolute Gasteiger partial charge is 0.543 e. The molecule has 58 heavy (non-hydrogen) atoms. The van der Waals surface area contributed by atoms with Crippen molar-refractivity contribution in [1.82, 2.24) is 5.06 Å². The van der Waals surface area contributed by atoms with Crippen LogP contribution in [0.25, 0.3) is 0 Å². The van der Waals surface area contributed by atoms with E-state index in [-0.39, 0.29) is 64.2 Å². The van der Waals surface area contributed by atoms with E-state index in [9.17, 15) is 44.5 Å². The first-order valence-electron chi connectivity index (χ1n) is 18.1. The highest BCUT2D eigenvalue weighted by molar-refractivity contribution is 7.98. The van der Waals surface area contributed by atoms with Crippen LogP contribution >= 0.6 is 11.8 Å². The fourth-order valence-corrected chi connectivity index (χ4v) is 7.69. The highest BCUT2D eigenvalue weighted by Gasteiger charge is 2.41. The third-order valence-electron chi connectivity index (χ3n) is 9.61. The molecule has 0 aromatic heterocycles. The van der Waals surface area contributed by atoms with E-state index in [2.05, 4.69) is 0 Å². The van der Waals surface area contributed by atoms with Gasteiger partial charge in [-0.2, -0.15) is 16.8 Å². The summed E-state index contributed by atoms with van der Waals surface area (Å²) in [5.74, 6) is -2.72. The number of amides is 1. The Morgan fingerprint density at radius 3 is 1.91 bits per heavy atom. The molecular formula is C39H49N3O14SSi. The van der Waals surface area contributed by atoms with Gasteiger partial charge in [0.2, 0.25) is 0 Å². The molecule has 3 aromatic carbocycles. The Kier molecular flexibility index (Phi) is 16.2. The second kappa shape index (κ2) is 20.1. The third kappa shape index (κ3) is 11.7. The zero-order valence-electron chi connectivity index (χ0n) is 33.9. The number of carboxylic acids is 1. The molecular weight excluding hydrogens is 795 g/mol. The molecule has 0 heterocycles. The summed E-state index contributed by atoms with van der Waals surface area (Å²) in [4.78, 5) is 78.9. The van der Waals surface area contributed by atoms with Gasteiger partial charge < -0.3 is 28.6 Å². The van der Waals surface area contributed by atoms with Gasteiger partial charge in [-0.25, -0.2) is 14.4 Å². The standard InChI is InChI=1S/C39H49N3O14SSi/c1-10-11-32(43)40(55-38(47)54-21-26-14-18-28(19-15-26)42(50)51)31(37(46)53-7)23-57-22-30-33(36(44)45)24(2)34(56-58(8,9)39(3,4)5)29(35(30)52-6)20-25-12-16-27(17-13-25)41(48)49/h12-19,31H,10-11,20-23H2,1-9H3,(H,44,45). The number of nitrogens with zero attached hydrogens (tertiary/aromatic N) is 3. The van der Waals surface area contributed by atoms with Crippen molar-refractivity contribution in [2.75, 3.05) is 20.0 Å². The van der Waals surface area contributed by atoms with Crippen LogP contribution in [0.3, 0.4) is 0 Å². The Morgan fingerprint density at radius 1 is 0.897 bits per heavy atom. The van der Waals surface area contributed by atoms with Gasteiger partial charge in [0.1, 0.15) is 18.1 Å². The van der Waals surface area contributed by atoms with E-state index in [4.69, 9.17) is 23.5 Å². The number of non-ortho nitro benzene ring substituents is 2. The molecule has 0 spiro atoms. The third-order valence-corrected chi connectivity index (χ3v) is 15.0. The molecule has 17 nitrogen and oxygen atoms in total. The Morgan fingerprint density at radius 2 is 1.45 bits per heavy atom. The SMILES string of the molecule is CCCC(=O)N(OC(=O)OCc1ccc([N+](=O)[O-])cc1)C(CSCc1c(OC)c(Cc2ccc([N+](=O)[O-])cc2)c(O[Si](C)(C)C(C)(C)C)c(C)c1C(=O)O)C(=O)OC. The number of carbonyl (C=O) groups excluding carboxylic acids is 3. The van der Waals surface area contributed by atoms with Crippen molar-refractivity contribution in [2.24, 2.45) is 0 Å². The first-order chi connectivity index (χ1) is 27.2. The molecule has 0 radical (unpaired) electrons. The number of thioether (sulfide) groups is 1. The van der Waals surface area contributed by atoms with Gasteiger partial charge in [0.25, 0.3) is 25.6 Å². The zero-order valence-corrected chi connectivity index (χ0v) is 35.8. The summed E-state index contributed by atoms with van der Waals surface area (Å²) in [7, 11) is -0.121. The van der Waals surface area contributed by atoms with Crippen LogP contribution in [0.1, 0.15) is 78.7 Å². The average Bonchev–Trinajstić information content (AvgIpc) is 3.16. The molecule has 1 unspecified atom stereocenters. The van der Waals surface area contributed by atoms with E-state index in [1.165, 1.54) is 43.5 Å². The highest BCUT2D eigenvalue weighted by Crippen LogP contribution is 2.46. The Bertz CT molecular complexity index is 2000. The van der Waals surface area contributed by atoms with Crippen LogP contribution in [-0.2, 0) is 42.7 Å².